The molecule has 1 fully saturated rings. The fourth-order valence-corrected chi connectivity index (χ4v) is 2.95. The molecule has 0 bridgehead atoms. The third kappa shape index (κ3) is 2.07. The molecule has 0 aliphatic carbocycles. The molecule has 1 aliphatic heterocycles. The highest BCUT2D eigenvalue weighted by Gasteiger charge is 2.41. The highest BCUT2D eigenvalue weighted by molar-refractivity contribution is 4.97. The standard InChI is InChI=1S/C12H25N/c1-9(2)11-7-8-12(5,6)13(11)10(3)4/h9-11H,7-8H2,1-6H3/t11-/m0/s1. The van der Waals surface area contributed by atoms with Crippen molar-refractivity contribution in [2.45, 2.75) is 72.0 Å². The van der Waals surface area contributed by atoms with Crippen LogP contribution in [0.4, 0.5) is 0 Å². The molecule has 0 N–H and O–H groups in total. The first-order valence-electron chi connectivity index (χ1n) is 5.64. The first-order valence-corrected chi connectivity index (χ1v) is 5.64. The van der Waals surface area contributed by atoms with Crippen LogP contribution in [0.2, 0.25) is 0 Å². The molecule has 1 atom stereocenters. The Morgan fingerprint density at radius 2 is 1.69 bits per heavy atom. The first-order chi connectivity index (χ1) is 5.86. The topological polar surface area (TPSA) is 3.24 Å². The monoisotopic (exact) mass is 183 g/mol. The zero-order valence-electron chi connectivity index (χ0n) is 10.1. The highest BCUT2D eigenvalue weighted by atomic mass is 15.3. The zero-order valence-corrected chi connectivity index (χ0v) is 10.1. The van der Waals surface area contributed by atoms with Crippen LogP contribution in [-0.4, -0.2) is 22.5 Å². The number of hydrogen-bond donors (Lipinski definition) is 0. The summed E-state index contributed by atoms with van der Waals surface area (Å²) in [4.78, 5) is 2.71. The second-order valence-electron chi connectivity index (χ2n) is 5.66. The summed E-state index contributed by atoms with van der Waals surface area (Å²) in [6.45, 7) is 14.1. The summed E-state index contributed by atoms with van der Waals surface area (Å²) >= 11 is 0. The molecule has 1 aliphatic rings. The van der Waals surface area contributed by atoms with Crippen LogP contribution in [0.1, 0.15) is 54.4 Å². The summed E-state index contributed by atoms with van der Waals surface area (Å²) in [6, 6.07) is 1.49. The van der Waals surface area contributed by atoms with Gasteiger partial charge in [-0.2, -0.15) is 0 Å². The van der Waals surface area contributed by atoms with Gasteiger partial charge in [0.05, 0.1) is 0 Å². The van der Waals surface area contributed by atoms with Crippen LogP contribution < -0.4 is 0 Å². The van der Waals surface area contributed by atoms with Crippen LogP contribution >= 0.6 is 0 Å². The molecule has 0 aromatic carbocycles. The van der Waals surface area contributed by atoms with Crippen molar-refractivity contribution in [1.82, 2.24) is 4.90 Å². The quantitative estimate of drug-likeness (QED) is 0.635. The molecule has 1 heteroatoms. The normalized spacial score (nSPS) is 29.1. The zero-order chi connectivity index (χ0) is 10.2. The SMILES string of the molecule is CC(C)[C@@H]1CCC(C)(C)N1C(C)C. The maximum Gasteiger partial charge on any atom is 0.0159 e. The van der Waals surface area contributed by atoms with Crippen molar-refractivity contribution in [3.8, 4) is 0 Å². The van der Waals surface area contributed by atoms with Crippen molar-refractivity contribution in [2.75, 3.05) is 0 Å². The molecule has 0 amide bonds. The molecule has 0 radical (unpaired) electrons. The highest BCUT2D eigenvalue weighted by Crippen LogP contribution is 2.38. The van der Waals surface area contributed by atoms with Gasteiger partial charge in [0, 0.05) is 17.6 Å². The lowest BCUT2D eigenvalue weighted by Crippen LogP contribution is -2.48. The average Bonchev–Trinajstić information content (AvgIpc) is 2.24. The second-order valence-corrected chi connectivity index (χ2v) is 5.66. The molecule has 0 saturated carbocycles. The van der Waals surface area contributed by atoms with Gasteiger partial charge in [-0.15, -0.1) is 0 Å². The average molecular weight is 183 g/mol. The largest absolute Gasteiger partial charge is 0.293 e. The molecule has 78 valence electrons. The molecule has 0 spiro atoms. The summed E-state index contributed by atoms with van der Waals surface area (Å²) in [5.41, 5.74) is 0.420. The molecule has 1 rings (SSSR count). The Morgan fingerprint density at radius 1 is 1.15 bits per heavy atom. The van der Waals surface area contributed by atoms with E-state index in [2.05, 4.69) is 46.4 Å². The van der Waals surface area contributed by atoms with E-state index in [1.807, 2.05) is 0 Å². The van der Waals surface area contributed by atoms with Crippen LogP contribution in [0.5, 0.6) is 0 Å². The fraction of sp³-hybridized carbons (Fsp3) is 1.00. The Labute approximate surface area is 83.5 Å². The summed E-state index contributed by atoms with van der Waals surface area (Å²) in [7, 11) is 0. The molecular weight excluding hydrogens is 158 g/mol. The van der Waals surface area contributed by atoms with Gasteiger partial charge >= 0.3 is 0 Å². The predicted octanol–water partition coefficient (Wildman–Crippen LogP) is 3.29. The van der Waals surface area contributed by atoms with E-state index in [9.17, 15) is 0 Å². The van der Waals surface area contributed by atoms with Crippen LogP contribution in [0.15, 0.2) is 0 Å². The van der Waals surface area contributed by atoms with Gasteiger partial charge in [-0.25, -0.2) is 0 Å². The van der Waals surface area contributed by atoms with E-state index >= 15 is 0 Å². The maximum absolute atomic E-state index is 2.71. The van der Waals surface area contributed by atoms with Crippen LogP contribution in [0.3, 0.4) is 0 Å². The first kappa shape index (κ1) is 11.0. The van der Waals surface area contributed by atoms with Gasteiger partial charge in [0.25, 0.3) is 0 Å². The molecule has 1 saturated heterocycles. The molecule has 0 unspecified atom stereocenters. The Bertz CT molecular complexity index is 170. The Hall–Kier alpha value is -0.0400. The van der Waals surface area contributed by atoms with E-state index in [-0.39, 0.29) is 0 Å². The van der Waals surface area contributed by atoms with Crippen molar-refractivity contribution in [2.24, 2.45) is 5.92 Å². The van der Waals surface area contributed by atoms with E-state index in [0.717, 1.165) is 12.0 Å². The summed E-state index contributed by atoms with van der Waals surface area (Å²) < 4.78 is 0. The van der Waals surface area contributed by atoms with Crippen LogP contribution in [0.25, 0.3) is 0 Å². The van der Waals surface area contributed by atoms with E-state index < -0.39 is 0 Å². The lowest BCUT2D eigenvalue weighted by atomic mass is 10.0. The minimum absolute atomic E-state index is 0.420. The third-order valence-electron chi connectivity index (χ3n) is 3.43. The molecule has 0 aromatic heterocycles. The summed E-state index contributed by atoms with van der Waals surface area (Å²) in [5.74, 6) is 0.796. The minimum Gasteiger partial charge on any atom is -0.293 e. The Balaban J connectivity index is 2.80. The van der Waals surface area contributed by atoms with E-state index in [4.69, 9.17) is 0 Å². The van der Waals surface area contributed by atoms with Gasteiger partial charge < -0.3 is 0 Å². The van der Waals surface area contributed by atoms with Gasteiger partial charge in [-0.05, 0) is 46.5 Å². The number of nitrogens with zero attached hydrogens (tertiary/aromatic N) is 1. The maximum atomic E-state index is 2.71. The minimum atomic E-state index is 0.420. The lowest BCUT2D eigenvalue weighted by Gasteiger charge is -2.40. The molecule has 1 heterocycles. The number of hydrogen-bond acceptors (Lipinski definition) is 1. The van der Waals surface area contributed by atoms with E-state index in [1.165, 1.54) is 12.8 Å². The number of rotatable bonds is 2. The Morgan fingerprint density at radius 3 is 2.00 bits per heavy atom. The van der Waals surface area contributed by atoms with Crippen molar-refractivity contribution in [1.29, 1.82) is 0 Å². The summed E-state index contributed by atoms with van der Waals surface area (Å²) in [5, 5.41) is 0. The smallest absolute Gasteiger partial charge is 0.0159 e. The molecule has 0 aromatic rings. The third-order valence-corrected chi connectivity index (χ3v) is 3.43. The van der Waals surface area contributed by atoms with Gasteiger partial charge in [0.15, 0.2) is 0 Å². The van der Waals surface area contributed by atoms with Crippen molar-refractivity contribution in [3.05, 3.63) is 0 Å². The lowest BCUT2D eigenvalue weighted by molar-refractivity contribution is 0.0702. The van der Waals surface area contributed by atoms with Gasteiger partial charge in [-0.1, -0.05) is 13.8 Å². The van der Waals surface area contributed by atoms with Crippen molar-refractivity contribution < 1.29 is 0 Å². The fourth-order valence-electron chi connectivity index (χ4n) is 2.95. The van der Waals surface area contributed by atoms with Crippen molar-refractivity contribution >= 4 is 0 Å². The predicted molar refractivity (Wildman–Crippen MR) is 58.9 cm³/mol. The Kier molecular flexibility index (Phi) is 3.06. The number of likely N-dealkylation sites (tertiary alicyclic amines) is 1. The van der Waals surface area contributed by atoms with E-state index in [0.29, 0.717) is 11.6 Å². The van der Waals surface area contributed by atoms with Gasteiger partial charge in [0.1, 0.15) is 0 Å². The van der Waals surface area contributed by atoms with E-state index in [1.54, 1.807) is 0 Å². The van der Waals surface area contributed by atoms with Crippen molar-refractivity contribution in [3.63, 3.8) is 0 Å². The van der Waals surface area contributed by atoms with Gasteiger partial charge in [-0.3, -0.25) is 4.90 Å². The van der Waals surface area contributed by atoms with Gasteiger partial charge in [0.2, 0.25) is 0 Å². The second kappa shape index (κ2) is 3.61. The molecular formula is C12H25N. The van der Waals surface area contributed by atoms with Crippen LogP contribution in [-0.2, 0) is 0 Å². The summed E-state index contributed by atoms with van der Waals surface area (Å²) in [6.07, 6.45) is 2.73. The molecule has 13 heavy (non-hydrogen) atoms. The molecule has 1 nitrogen and oxygen atoms in total. The van der Waals surface area contributed by atoms with Crippen LogP contribution in [0, 0.1) is 5.92 Å².